The Morgan fingerprint density at radius 3 is 2.87 bits per heavy atom. The zero-order valence-corrected chi connectivity index (χ0v) is 9.72. The number of rotatable bonds is 4. The molecule has 1 heterocycles. The Bertz CT molecular complexity index is 367. The molecule has 0 fully saturated rings. The van der Waals surface area contributed by atoms with Crippen LogP contribution in [0.1, 0.15) is 24.6 Å². The lowest BCUT2D eigenvalue weighted by atomic mass is 10.3. The van der Waals surface area contributed by atoms with Gasteiger partial charge in [0.1, 0.15) is 0 Å². The van der Waals surface area contributed by atoms with Gasteiger partial charge in [-0.15, -0.1) is 11.3 Å². The van der Waals surface area contributed by atoms with E-state index < -0.39 is 0 Å². The van der Waals surface area contributed by atoms with E-state index in [-0.39, 0.29) is 5.78 Å². The highest BCUT2D eigenvalue weighted by Gasteiger charge is 2.17. The molecular formula is C12H15NOS. The Hall–Kier alpha value is -1.09. The van der Waals surface area contributed by atoms with Gasteiger partial charge in [-0.25, -0.2) is 0 Å². The maximum absolute atomic E-state index is 11.2. The van der Waals surface area contributed by atoms with E-state index in [0.29, 0.717) is 6.42 Å². The van der Waals surface area contributed by atoms with E-state index in [0.717, 1.165) is 19.5 Å². The second kappa shape index (κ2) is 4.62. The number of allylic oxidation sites excluding steroid dienone is 2. The van der Waals surface area contributed by atoms with Gasteiger partial charge in [-0.1, -0.05) is 6.07 Å². The first-order valence-electron chi connectivity index (χ1n) is 5.30. The first-order valence-corrected chi connectivity index (χ1v) is 6.18. The van der Waals surface area contributed by atoms with Crippen LogP contribution >= 0.6 is 11.3 Å². The summed E-state index contributed by atoms with van der Waals surface area (Å²) >= 11 is 1.77. The van der Waals surface area contributed by atoms with Crippen LogP contribution in [0.15, 0.2) is 29.3 Å². The molecule has 0 aromatic carbocycles. The van der Waals surface area contributed by atoms with Crippen molar-refractivity contribution in [3.63, 3.8) is 0 Å². The summed E-state index contributed by atoms with van der Waals surface area (Å²) in [6, 6.07) is 4.21. The molecule has 0 amide bonds. The molecule has 0 spiro atoms. The standard InChI is InChI=1S/C12H15NOS/c1-2-13(9-12-4-3-7-15-12)10-5-6-11(14)8-10/h3-4,7-8H,2,5-6,9H2,1H3. The van der Waals surface area contributed by atoms with Crippen molar-refractivity contribution in [3.8, 4) is 0 Å². The fraction of sp³-hybridized carbons (Fsp3) is 0.417. The number of ketones is 1. The van der Waals surface area contributed by atoms with E-state index in [4.69, 9.17) is 0 Å². The Morgan fingerprint density at radius 2 is 2.33 bits per heavy atom. The molecule has 1 aliphatic rings. The summed E-state index contributed by atoms with van der Waals surface area (Å²) < 4.78 is 0. The van der Waals surface area contributed by atoms with Crippen molar-refractivity contribution in [1.82, 2.24) is 4.90 Å². The molecule has 1 aromatic rings. The molecule has 0 saturated heterocycles. The van der Waals surface area contributed by atoms with Gasteiger partial charge in [0.25, 0.3) is 0 Å². The molecule has 15 heavy (non-hydrogen) atoms. The zero-order valence-electron chi connectivity index (χ0n) is 8.90. The van der Waals surface area contributed by atoms with Crippen molar-refractivity contribution in [3.05, 3.63) is 34.2 Å². The zero-order chi connectivity index (χ0) is 10.7. The summed E-state index contributed by atoms with van der Waals surface area (Å²) in [7, 11) is 0. The minimum absolute atomic E-state index is 0.273. The van der Waals surface area contributed by atoms with Gasteiger partial charge in [-0.3, -0.25) is 4.79 Å². The third kappa shape index (κ3) is 2.48. The Balaban J connectivity index is 2.05. The normalized spacial score (nSPS) is 15.5. The van der Waals surface area contributed by atoms with E-state index in [1.165, 1.54) is 10.6 Å². The Kier molecular flexibility index (Phi) is 3.21. The minimum atomic E-state index is 0.273. The van der Waals surface area contributed by atoms with Crippen molar-refractivity contribution in [2.24, 2.45) is 0 Å². The van der Waals surface area contributed by atoms with Gasteiger partial charge in [-0.05, 0) is 24.8 Å². The maximum Gasteiger partial charge on any atom is 0.157 e. The van der Waals surface area contributed by atoms with Crippen LogP contribution in [0.3, 0.4) is 0 Å². The van der Waals surface area contributed by atoms with Gasteiger partial charge in [-0.2, -0.15) is 0 Å². The highest BCUT2D eigenvalue weighted by atomic mass is 32.1. The predicted molar refractivity (Wildman–Crippen MR) is 62.7 cm³/mol. The van der Waals surface area contributed by atoms with Crippen molar-refractivity contribution in [2.75, 3.05) is 6.54 Å². The molecule has 0 unspecified atom stereocenters. The van der Waals surface area contributed by atoms with Gasteiger partial charge in [0, 0.05) is 29.6 Å². The number of hydrogen-bond acceptors (Lipinski definition) is 3. The molecule has 0 aliphatic heterocycles. The lowest BCUT2D eigenvalue weighted by Crippen LogP contribution is -2.20. The molecule has 1 aliphatic carbocycles. The Morgan fingerprint density at radius 1 is 1.47 bits per heavy atom. The van der Waals surface area contributed by atoms with E-state index in [9.17, 15) is 4.79 Å². The van der Waals surface area contributed by atoms with Crippen LogP contribution in [0.25, 0.3) is 0 Å². The van der Waals surface area contributed by atoms with E-state index in [1.54, 1.807) is 17.4 Å². The first-order chi connectivity index (χ1) is 7.29. The summed E-state index contributed by atoms with van der Waals surface area (Å²) in [6.45, 7) is 4.04. The summed E-state index contributed by atoms with van der Waals surface area (Å²) in [5.74, 6) is 0.273. The van der Waals surface area contributed by atoms with Crippen LogP contribution in [0.5, 0.6) is 0 Å². The molecule has 2 nitrogen and oxygen atoms in total. The monoisotopic (exact) mass is 221 g/mol. The van der Waals surface area contributed by atoms with Crippen LogP contribution in [-0.4, -0.2) is 17.2 Å². The van der Waals surface area contributed by atoms with Crippen LogP contribution in [0, 0.1) is 0 Å². The first kappa shape index (κ1) is 10.4. The molecule has 80 valence electrons. The molecule has 0 radical (unpaired) electrons. The minimum Gasteiger partial charge on any atom is -0.370 e. The van der Waals surface area contributed by atoms with Crippen molar-refractivity contribution >= 4 is 17.1 Å². The summed E-state index contributed by atoms with van der Waals surface area (Å²) in [6.07, 6.45) is 3.41. The number of hydrogen-bond donors (Lipinski definition) is 0. The van der Waals surface area contributed by atoms with Gasteiger partial charge in [0.05, 0.1) is 6.54 Å². The van der Waals surface area contributed by atoms with E-state index in [1.807, 2.05) is 0 Å². The van der Waals surface area contributed by atoms with Gasteiger partial charge >= 0.3 is 0 Å². The second-order valence-electron chi connectivity index (χ2n) is 3.70. The van der Waals surface area contributed by atoms with E-state index in [2.05, 4.69) is 29.3 Å². The van der Waals surface area contributed by atoms with Gasteiger partial charge in [0.2, 0.25) is 0 Å². The number of carbonyl (C=O) groups excluding carboxylic acids is 1. The molecule has 0 saturated carbocycles. The smallest absolute Gasteiger partial charge is 0.157 e. The quantitative estimate of drug-likeness (QED) is 0.779. The summed E-state index contributed by atoms with van der Waals surface area (Å²) in [5.41, 5.74) is 1.20. The summed E-state index contributed by atoms with van der Waals surface area (Å²) in [4.78, 5) is 14.8. The van der Waals surface area contributed by atoms with Crippen molar-refractivity contribution < 1.29 is 4.79 Å². The molecule has 1 aromatic heterocycles. The van der Waals surface area contributed by atoms with E-state index >= 15 is 0 Å². The van der Waals surface area contributed by atoms with Crippen molar-refractivity contribution in [2.45, 2.75) is 26.3 Å². The average molecular weight is 221 g/mol. The third-order valence-corrected chi connectivity index (χ3v) is 3.53. The second-order valence-corrected chi connectivity index (χ2v) is 4.73. The largest absolute Gasteiger partial charge is 0.370 e. The molecule has 0 bridgehead atoms. The molecule has 0 N–H and O–H groups in total. The maximum atomic E-state index is 11.2. The lowest BCUT2D eigenvalue weighted by molar-refractivity contribution is -0.114. The van der Waals surface area contributed by atoms with Crippen LogP contribution in [-0.2, 0) is 11.3 Å². The molecule has 0 atom stereocenters. The van der Waals surface area contributed by atoms with Crippen LogP contribution in [0.2, 0.25) is 0 Å². The fourth-order valence-electron chi connectivity index (χ4n) is 1.84. The average Bonchev–Trinajstić information content (AvgIpc) is 2.85. The number of nitrogens with zero attached hydrogens (tertiary/aromatic N) is 1. The van der Waals surface area contributed by atoms with Crippen LogP contribution < -0.4 is 0 Å². The topological polar surface area (TPSA) is 20.3 Å². The van der Waals surface area contributed by atoms with Crippen LogP contribution in [0.4, 0.5) is 0 Å². The molecular weight excluding hydrogens is 206 g/mol. The van der Waals surface area contributed by atoms with Gasteiger partial charge in [0.15, 0.2) is 5.78 Å². The molecule has 2 rings (SSSR count). The lowest BCUT2D eigenvalue weighted by Gasteiger charge is -2.23. The molecule has 3 heteroatoms. The van der Waals surface area contributed by atoms with Crippen molar-refractivity contribution in [1.29, 1.82) is 0 Å². The highest BCUT2D eigenvalue weighted by Crippen LogP contribution is 2.22. The summed E-state index contributed by atoms with van der Waals surface area (Å²) in [5, 5.41) is 2.09. The number of carbonyl (C=O) groups is 1. The van der Waals surface area contributed by atoms with Gasteiger partial charge < -0.3 is 4.90 Å². The highest BCUT2D eigenvalue weighted by molar-refractivity contribution is 7.09. The third-order valence-electron chi connectivity index (χ3n) is 2.67. The number of thiophene rings is 1. The fourth-order valence-corrected chi connectivity index (χ4v) is 2.56. The Labute approximate surface area is 94.2 Å². The SMILES string of the molecule is CCN(Cc1cccs1)C1=CC(=O)CC1. The predicted octanol–water partition coefficient (Wildman–Crippen LogP) is 2.82.